The van der Waals surface area contributed by atoms with Crippen LogP contribution in [0.1, 0.15) is 20.8 Å². The maximum Gasteiger partial charge on any atom is 0.0880 e. The van der Waals surface area contributed by atoms with Crippen LogP contribution in [0.3, 0.4) is 0 Å². The molecule has 5 N–H and O–H groups in total. The van der Waals surface area contributed by atoms with E-state index in [0.717, 1.165) is 25.4 Å². The van der Waals surface area contributed by atoms with E-state index < -0.39 is 5.66 Å². The monoisotopic (exact) mass is 280 g/mol. The van der Waals surface area contributed by atoms with Crippen LogP contribution >= 0.6 is 25.3 Å². The van der Waals surface area contributed by atoms with Crippen LogP contribution in [-0.2, 0) is 0 Å². The molecule has 0 aromatic heterocycles. The van der Waals surface area contributed by atoms with E-state index in [1.807, 2.05) is 0 Å². The Hall–Kier alpha value is 0.540. The van der Waals surface area contributed by atoms with Crippen molar-refractivity contribution in [1.82, 2.24) is 16.0 Å². The molecule has 0 saturated carbocycles. The van der Waals surface area contributed by atoms with Crippen molar-refractivity contribution in [1.29, 1.82) is 0 Å². The highest BCUT2D eigenvalue weighted by atomic mass is 32.1. The van der Waals surface area contributed by atoms with E-state index >= 15 is 0 Å². The fraction of sp³-hybridized carbons (Fsp3) is 1.00. The van der Waals surface area contributed by atoms with Gasteiger partial charge in [0.05, 0.1) is 5.66 Å². The first kappa shape index (κ1) is 17.5. The summed E-state index contributed by atoms with van der Waals surface area (Å²) in [6.07, 6.45) is 0. The van der Waals surface area contributed by atoms with Gasteiger partial charge in [-0.05, 0) is 20.0 Å². The summed E-state index contributed by atoms with van der Waals surface area (Å²) in [6.45, 7) is 9.61. The molecule has 4 nitrogen and oxygen atoms in total. The highest BCUT2D eigenvalue weighted by Gasteiger charge is 2.27. The van der Waals surface area contributed by atoms with Crippen molar-refractivity contribution < 1.29 is 0 Å². The first-order valence-electron chi connectivity index (χ1n) is 6.16. The quantitative estimate of drug-likeness (QED) is 0.253. The number of nitrogens with one attached hydrogen (secondary N) is 3. The fourth-order valence-electron chi connectivity index (χ4n) is 1.49. The Morgan fingerprint density at radius 3 is 2.06 bits per heavy atom. The molecule has 104 valence electrons. The molecule has 0 bridgehead atoms. The lowest BCUT2D eigenvalue weighted by molar-refractivity contribution is 0.295. The van der Waals surface area contributed by atoms with E-state index in [2.05, 4.69) is 62.0 Å². The molecule has 2 atom stereocenters. The summed E-state index contributed by atoms with van der Waals surface area (Å²) >= 11 is 8.71. The number of rotatable bonds is 10. The second kappa shape index (κ2) is 8.61. The van der Waals surface area contributed by atoms with Gasteiger partial charge in [0.15, 0.2) is 0 Å². The van der Waals surface area contributed by atoms with Gasteiger partial charge >= 0.3 is 0 Å². The molecule has 0 rings (SSSR count). The lowest BCUT2D eigenvalue weighted by atomic mass is 10.0. The van der Waals surface area contributed by atoms with Crippen LogP contribution in [-0.4, -0.2) is 48.9 Å². The third-order valence-electron chi connectivity index (χ3n) is 2.76. The fourth-order valence-corrected chi connectivity index (χ4v) is 1.94. The van der Waals surface area contributed by atoms with Gasteiger partial charge in [0.25, 0.3) is 0 Å². The molecule has 0 radical (unpaired) electrons. The average Bonchev–Trinajstić information content (AvgIpc) is 2.34. The molecule has 0 aliphatic heterocycles. The Morgan fingerprint density at radius 1 is 1.00 bits per heavy atom. The average molecular weight is 281 g/mol. The van der Waals surface area contributed by atoms with Crippen molar-refractivity contribution in [2.45, 2.75) is 32.0 Å². The van der Waals surface area contributed by atoms with Gasteiger partial charge in [-0.2, -0.15) is 25.3 Å². The van der Waals surface area contributed by atoms with Crippen molar-refractivity contribution in [2.75, 3.05) is 37.7 Å². The van der Waals surface area contributed by atoms with E-state index in [1.165, 1.54) is 0 Å². The van der Waals surface area contributed by atoms with Crippen molar-refractivity contribution in [3.63, 3.8) is 0 Å². The minimum atomic E-state index is -0.473. The Morgan fingerprint density at radius 2 is 1.65 bits per heavy atom. The highest BCUT2D eigenvalue weighted by molar-refractivity contribution is 7.80. The maximum atomic E-state index is 6.24. The normalized spacial score (nSPS) is 18.7. The van der Waals surface area contributed by atoms with Crippen LogP contribution in [0.2, 0.25) is 0 Å². The first-order valence-corrected chi connectivity index (χ1v) is 7.43. The van der Waals surface area contributed by atoms with Crippen LogP contribution in [0.25, 0.3) is 0 Å². The summed E-state index contributed by atoms with van der Waals surface area (Å²) in [5, 5.41) is 10.1. The summed E-state index contributed by atoms with van der Waals surface area (Å²) in [5.74, 6) is 1.35. The molecular weight excluding hydrogens is 252 g/mol. The topological polar surface area (TPSA) is 62.1 Å². The summed E-state index contributed by atoms with van der Waals surface area (Å²) in [5.41, 5.74) is 5.72. The van der Waals surface area contributed by atoms with Crippen molar-refractivity contribution in [2.24, 2.45) is 5.73 Å². The Bertz CT molecular complexity index is 206. The molecule has 0 heterocycles. The van der Waals surface area contributed by atoms with Crippen molar-refractivity contribution >= 4 is 25.3 Å². The van der Waals surface area contributed by atoms with Crippen LogP contribution in [0, 0.1) is 0 Å². The van der Waals surface area contributed by atoms with E-state index in [4.69, 9.17) is 5.73 Å². The predicted octanol–water partition coefficient (Wildman–Crippen LogP) is 0.0683. The lowest BCUT2D eigenvalue weighted by Gasteiger charge is -2.36. The largest absolute Gasteiger partial charge is 0.314 e. The molecule has 6 heteroatoms. The van der Waals surface area contributed by atoms with Gasteiger partial charge in [-0.25, -0.2) is 0 Å². The van der Waals surface area contributed by atoms with E-state index in [1.54, 1.807) is 0 Å². The van der Waals surface area contributed by atoms with Gasteiger partial charge in [-0.1, -0.05) is 13.8 Å². The number of hydrogen-bond donors (Lipinski definition) is 6. The van der Waals surface area contributed by atoms with Gasteiger partial charge < -0.3 is 16.4 Å². The molecule has 2 unspecified atom stereocenters. The first-order chi connectivity index (χ1) is 7.95. The van der Waals surface area contributed by atoms with E-state index in [9.17, 15) is 0 Å². The third kappa shape index (κ3) is 6.88. The smallest absolute Gasteiger partial charge is 0.0880 e. The van der Waals surface area contributed by atoms with Crippen LogP contribution in [0.15, 0.2) is 0 Å². The van der Waals surface area contributed by atoms with E-state index in [0.29, 0.717) is 12.3 Å². The summed E-state index contributed by atoms with van der Waals surface area (Å²) in [7, 11) is 0. The zero-order valence-electron chi connectivity index (χ0n) is 11.2. The Kier molecular flexibility index (Phi) is 8.88. The standard InChI is InChI=1S/C11H28N4S2/c1-4-13-7-11(12,9-17)15-6-10(3,8-16)14-5-2/h13-17H,4-9,12H2,1-3H3. The molecule has 17 heavy (non-hydrogen) atoms. The SMILES string of the molecule is CCNCC(N)(CS)NCC(C)(CS)NCC. The van der Waals surface area contributed by atoms with Gasteiger partial charge in [0.2, 0.25) is 0 Å². The second-order valence-corrected chi connectivity index (χ2v) is 5.33. The number of nitrogens with two attached hydrogens (primary N) is 1. The zero-order valence-corrected chi connectivity index (χ0v) is 13.0. The Balaban J connectivity index is 4.27. The Labute approximate surface area is 117 Å². The highest BCUT2D eigenvalue weighted by Crippen LogP contribution is 2.07. The summed E-state index contributed by atoms with van der Waals surface area (Å²) in [6, 6.07) is 0. The third-order valence-corrected chi connectivity index (χ3v) is 4.02. The number of hydrogen-bond acceptors (Lipinski definition) is 6. The molecule has 0 amide bonds. The van der Waals surface area contributed by atoms with Crippen LogP contribution < -0.4 is 21.7 Å². The summed E-state index contributed by atoms with van der Waals surface area (Å²) in [4.78, 5) is 0. The number of likely N-dealkylation sites (N-methyl/N-ethyl adjacent to an activating group) is 2. The molecule has 0 fully saturated rings. The molecular formula is C11H28N4S2. The second-order valence-electron chi connectivity index (χ2n) is 4.70. The zero-order chi connectivity index (χ0) is 13.4. The van der Waals surface area contributed by atoms with Gasteiger partial charge in [0.1, 0.15) is 0 Å². The minimum Gasteiger partial charge on any atom is -0.314 e. The lowest BCUT2D eigenvalue weighted by Crippen LogP contribution is -2.66. The van der Waals surface area contributed by atoms with Gasteiger partial charge in [0, 0.05) is 30.1 Å². The van der Waals surface area contributed by atoms with E-state index in [-0.39, 0.29) is 5.54 Å². The molecule has 0 saturated heterocycles. The van der Waals surface area contributed by atoms with Crippen LogP contribution in [0.5, 0.6) is 0 Å². The molecule has 0 spiro atoms. The van der Waals surface area contributed by atoms with Crippen molar-refractivity contribution in [3.05, 3.63) is 0 Å². The van der Waals surface area contributed by atoms with Gasteiger partial charge in [-0.15, -0.1) is 0 Å². The predicted molar refractivity (Wildman–Crippen MR) is 83.3 cm³/mol. The van der Waals surface area contributed by atoms with Crippen LogP contribution in [0.4, 0.5) is 0 Å². The molecule has 0 aromatic rings. The summed E-state index contributed by atoms with van der Waals surface area (Å²) < 4.78 is 0. The van der Waals surface area contributed by atoms with Gasteiger partial charge in [-0.3, -0.25) is 5.32 Å². The molecule has 0 aliphatic carbocycles. The number of thiol groups is 2. The maximum absolute atomic E-state index is 6.24. The molecule has 0 aromatic carbocycles. The van der Waals surface area contributed by atoms with Crippen molar-refractivity contribution in [3.8, 4) is 0 Å². The minimum absolute atomic E-state index is 0.0440. The molecule has 0 aliphatic rings.